The molecule has 0 rings (SSSR count). The molecule has 112 valence electrons. The minimum atomic E-state index is -0.802. The Morgan fingerprint density at radius 1 is 1.26 bits per heavy atom. The van der Waals surface area contributed by atoms with Gasteiger partial charge >= 0.3 is 5.97 Å². The second-order valence-corrected chi connectivity index (χ2v) is 8.10. The highest BCUT2D eigenvalue weighted by Crippen LogP contribution is 2.22. The Bertz CT molecular complexity index is 298. The number of aliphatic carboxylic acids is 1. The van der Waals surface area contributed by atoms with E-state index in [0.29, 0.717) is 18.2 Å². The Morgan fingerprint density at radius 3 is 2.26 bits per heavy atom. The number of carboxylic acids is 1. The van der Waals surface area contributed by atoms with E-state index >= 15 is 0 Å². The van der Waals surface area contributed by atoms with E-state index < -0.39 is 5.97 Å². The SMILES string of the molecule is CC(C)CC(CNC(=O)CSC(C)(C)C)CC(=O)O. The minimum absolute atomic E-state index is 0.0148. The first-order chi connectivity index (χ1) is 8.60. The molecule has 1 unspecified atom stereocenters. The smallest absolute Gasteiger partial charge is 0.303 e. The molecule has 0 saturated heterocycles. The Balaban J connectivity index is 4.08. The van der Waals surface area contributed by atoms with Crippen LogP contribution in [0.4, 0.5) is 0 Å². The van der Waals surface area contributed by atoms with Gasteiger partial charge in [-0.05, 0) is 18.3 Å². The van der Waals surface area contributed by atoms with Crippen molar-refractivity contribution in [2.75, 3.05) is 12.3 Å². The number of carbonyl (C=O) groups is 2. The van der Waals surface area contributed by atoms with Gasteiger partial charge < -0.3 is 10.4 Å². The summed E-state index contributed by atoms with van der Waals surface area (Å²) < 4.78 is 0.0652. The number of carbonyl (C=O) groups excluding carboxylic acids is 1. The molecule has 0 saturated carbocycles. The van der Waals surface area contributed by atoms with E-state index in [1.165, 1.54) is 0 Å². The highest BCUT2D eigenvalue weighted by atomic mass is 32.2. The Morgan fingerprint density at radius 2 is 1.84 bits per heavy atom. The summed E-state index contributed by atoms with van der Waals surface area (Å²) in [5, 5.41) is 11.7. The van der Waals surface area contributed by atoms with Gasteiger partial charge in [0.05, 0.1) is 5.75 Å². The maximum atomic E-state index is 11.7. The highest BCUT2D eigenvalue weighted by molar-refractivity contribution is 8.01. The monoisotopic (exact) mass is 289 g/mol. The lowest BCUT2D eigenvalue weighted by Crippen LogP contribution is -2.33. The summed E-state index contributed by atoms with van der Waals surface area (Å²) in [4.78, 5) is 22.5. The van der Waals surface area contributed by atoms with Crippen LogP contribution in [0.2, 0.25) is 0 Å². The Hall–Kier alpha value is -0.710. The molecule has 1 amide bonds. The van der Waals surface area contributed by atoms with Gasteiger partial charge in [-0.15, -0.1) is 11.8 Å². The van der Waals surface area contributed by atoms with Crippen LogP contribution in [-0.2, 0) is 9.59 Å². The van der Waals surface area contributed by atoms with Crippen LogP contribution in [-0.4, -0.2) is 34.0 Å². The summed E-state index contributed by atoms with van der Waals surface area (Å²) in [6, 6.07) is 0. The van der Waals surface area contributed by atoms with Crippen molar-refractivity contribution < 1.29 is 14.7 Å². The summed E-state index contributed by atoms with van der Waals surface area (Å²) in [7, 11) is 0. The molecule has 5 heteroatoms. The van der Waals surface area contributed by atoms with Gasteiger partial charge in [0.15, 0.2) is 0 Å². The van der Waals surface area contributed by atoms with Gasteiger partial charge in [-0.2, -0.15) is 0 Å². The number of hydrogen-bond acceptors (Lipinski definition) is 3. The molecule has 4 nitrogen and oxygen atoms in total. The number of amides is 1. The summed E-state index contributed by atoms with van der Waals surface area (Å²) in [6.45, 7) is 10.8. The first kappa shape index (κ1) is 18.3. The average Bonchev–Trinajstić information content (AvgIpc) is 2.20. The quantitative estimate of drug-likeness (QED) is 0.721. The molecule has 0 aromatic heterocycles. The molecule has 2 N–H and O–H groups in total. The lowest BCUT2D eigenvalue weighted by molar-refractivity contribution is -0.138. The molecule has 1 atom stereocenters. The van der Waals surface area contributed by atoms with Gasteiger partial charge in [-0.25, -0.2) is 0 Å². The van der Waals surface area contributed by atoms with Gasteiger partial charge in [-0.1, -0.05) is 34.6 Å². The third-order valence-electron chi connectivity index (χ3n) is 2.49. The first-order valence-electron chi connectivity index (χ1n) is 6.72. The molecule has 0 aromatic carbocycles. The molecule has 0 aliphatic carbocycles. The van der Waals surface area contributed by atoms with Crippen molar-refractivity contribution in [3.05, 3.63) is 0 Å². The van der Waals surface area contributed by atoms with Gasteiger partial charge in [0.25, 0.3) is 0 Å². The molecule has 0 radical (unpaired) electrons. The zero-order valence-electron chi connectivity index (χ0n) is 12.7. The molecule has 19 heavy (non-hydrogen) atoms. The minimum Gasteiger partial charge on any atom is -0.481 e. The average molecular weight is 289 g/mol. The Kier molecular flexibility index (Phi) is 8.14. The van der Waals surface area contributed by atoms with Crippen molar-refractivity contribution in [2.24, 2.45) is 11.8 Å². The number of thioether (sulfide) groups is 1. The highest BCUT2D eigenvalue weighted by Gasteiger charge is 2.17. The van der Waals surface area contributed by atoms with Gasteiger partial charge in [-0.3, -0.25) is 9.59 Å². The summed E-state index contributed by atoms with van der Waals surface area (Å²) in [5.41, 5.74) is 0. The van der Waals surface area contributed by atoms with Crippen LogP contribution < -0.4 is 5.32 Å². The lowest BCUT2D eigenvalue weighted by Gasteiger charge is -2.19. The second-order valence-electron chi connectivity index (χ2n) is 6.30. The van der Waals surface area contributed by atoms with E-state index in [1.54, 1.807) is 11.8 Å². The topological polar surface area (TPSA) is 66.4 Å². The molecule has 0 aromatic rings. The zero-order valence-corrected chi connectivity index (χ0v) is 13.5. The van der Waals surface area contributed by atoms with E-state index in [-0.39, 0.29) is 23.0 Å². The van der Waals surface area contributed by atoms with E-state index in [1.807, 2.05) is 0 Å². The molecule has 0 aliphatic rings. The Labute approximate surface area is 120 Å². The van der Waals surface area contributed by atoms with Crippen LogP contribution >= 0.6 is 11.8 Å². The van der Waals surface area contributed by atoms with E-state index in [4.69, 9.17) is 5.11 Å². The van der Waals surface area contributed by atoms with Crippen molar-refractivity contribution in [3.63, 3.8) is 0 Å². The fraction of sp³-hybridized carbons (Fsp3) is 0.857. The van der Waals surface area contributed by atoms with Crippen molar-refractivity contribution in [1.29, 1.82) is 0 Å². The van der Waals surface area contributed by atoms with Crippen LogP contribution in [0.1, 0.15) is 47.5 Å². The third kappa shape index (κ3) is 12.1. The van der Waals surface area contributed by atoms with Gasteiger partial charge in [0.1, 0.15) is 0 Å². The standard InChI is InChI=1S/C14H27NO3S/c1-10(2)6-11(7-13(17)18)8-15-12(16)9-19-14(3,4)5/h10-11H,6-9H2,1-5H3,(H,15,16)(H,17,18). The second kappa shape index (κ2) is 8.46. The zero-order chi connectivity index (χ0) is 15.1. The van der Waals surface area contributed by atoms with E-state index in [0.717, 1.165) is 6.42 Å². The van der Waals surface area contributed by atoms with E-state index in [9.17, 15) is 9.59 Å². The molecular weight excluding hydrogens is 262 g/mol. The van der Waals surface area contributed by atoms with Crippen molar-refractivity contribution in [3.8, 4) is 0 Å². The first-order valence-corrected chi connectivity index (χ1v) is 7.71. The van der Waals surface area contributed by atoms with E-state index in [2.05, 4.69) is 39.9 Å². The largest absolute Gasteiger partial charge is 0.481 e. The van der Waals surface area contributed by atoms with Gasteiger partial charge in [0.2, 0.25) is 5.91 Å². The number of rotatable bonds is 8. The lowest BCUT2D eigenvalue weighted by atomic mass is 9.94. The van der Waals surface area contributed by atoms with Crippen LogP contribution in [0.5, 0.6) is 0 Å². The number of nitrogens with one attached hydrogen (secondary N) is 1. The van der Waals surface area contributed by atoms with Gasteiger partial charge in [0, 0.05) is 17.7 Å². The van der Waals surface area contributed by atoms with Crippen molar-refractivity contribution in [1.82, 2.24) is 5.32 Å². The molecule has 0 spiro atoms. The normalized spacial score (nSPS) is 13.4. The predicted molar refractivity (Wildman–Crippen MR) is 80.4 cm³/mol. The maximum Gasteiger partial charge on any atom is 0.303 e. The molecular formula is C14H27NO3S. The third-order valence-corrected chi connectivity index (χ3v) is 3.76. The fourth-order valence-electron chi connectivity index (χ4n) is 1.74. The van der Waals surface area contributed by atoms with Crippen molar-refractivity contribution >= 4 is 23.6 Å². The fourth-order valence-corrected chi connectivity index (χ4v) is 2.41. The van der Waals surface area contributed by atoms with Crippen molar-refractivity contribution in [2.45, 2.75) is 52.2 Å². The van der Waals surface area contributed by atoms with Crippen LogP contribution in [0, 0.1) is 11.8 Å². The molecule has 0 aliphatic heterocycles. The molecule has 0 fully saturated rings. The summed E-state index contributed by atoms with van der Waals surface area (Å²) in [6.07, 6.45) is 0.934. The van der Waals surface area contributed by atoms with Crippen LogP contribution in [0.3, 0.4) is 0 Å². The predicted octanol–water partition coefficient (Wildman–Crippen LogP) is 2.77. The molecule has 0 heterocycles. The summed E-state index contributed by atoms with van der Waals surface area (Å²) in [5.74, 6) is 0.0552. The number of carboxylic acid groups (broad SMARTS) is 1. The summed E-state index contributed by atoms with van der Waals surface area (Å²) >= 11 is 1.59. The van der Waals surface area contributed by atoms with Crippen LogP contribution in [0.25, 0.3) is 0 Å². The maximum absolute atomic E-state index is 11.7. The van der Waals surface area contributed by atoms with Crippen LogP contribution in [0.15, 0.2) is 0 Å². The molecule has 0 bridgehead atoms. The number of hydrogen-bond donors (Lipinski definition) is 2.